The van der Waals surface area contributed by atoms with Crippen molar-refractivity contribution in [3.63, 3.8) is 0 Å². The Morgan fingerprint density at radius 2 is 1.97 bits per heavy atom. The maximum Gasteiger partial charge on any atom is 0.318 e. The van der Waals surface area contributed by atoms with Crippen molar-refractivity contribution >= 4 is 23.3 Å². The van der Waals surface area contributed by atoms with Gasteiger partial charge in [0.25, 0.3) is 0 Å². The number of ether oxygens (including phenoxy) is 2. The van der Waals surface area contributed by atoms with Crippen LogP contribution in [0.3, 0.4) is 0 Å². The lowest BCUT2D eigenvalue weighted by Gasteiger charge is -2.37. The van der Waals surface area contributed by atoms with Gasteiger partial charge in [0.1, 0.15) is 24.7 Å². The number of benzene rings is 1. The Balaban J connectivity index is 1.76. The second kappa shape index (κ2) is 11.4. The molecule has 0 spiro atoms. The van der Waals surface area contributed by atoms with Gasteiger partial charge in [-0.25, -0.2) is 4.79 Å². The van der Waals surface area contributed by atoms with Crippen LogP contribution in [0, 0.1) is 5.92 Å². The van der Waals surface area contributed by atoms with Gasteiger partial charge in [-0.2, -0.15) is 0 Å². The summed E-state index contributed by atoms with van der Waals surface area (Å²) in [4.78, 5) is 31.0. The van der Waals surface area contributed by atoms with E-state index in [2.05, 4.69) is 16.8 Å². The summed E-state index contributed by atoms with van der Waals surface area (Å²) in [5.74, 6) is 1.61. The lowest BCUT2D eigenvalue weighted by atomic mass is 10.0. The van der Waals surface area contributed by atoms with Gasteiger partial charge in [0.2, 0.25) is 5.91 Å². The molecule has 180 valence electrons. The SMILES string of the molecule is COc1cccc(OC[C@@H]2c3ccsc3CCN2C(=O)CN(CC(C)C)C(=O)NC(C)C)c1. The molecule has 3 amide bonds. The first kappa shape index (κ1) is 24.9. The molecule has 1 atom stereocenters. The lowest BCUT2D eigenvalue weighted by Crippen LogP contribution is -2.51. The third-order valence-corrected chi connectivity index (χ3v) is 6.47. The molecule has 0 bridgehead atoms. The van der Waals surface area contributed by atoms with Crippen molar-refractivity contribution in [3.8, 4) is 11.5 Å². The first-order valence-corrected chi connectivity index (χ1v) is 12.3. The Bertz CT molecular complexity index is 943. The predicted octanol–water partition coefficient (Wildman–Crippen LogP) is 4.34. The Morgan fingerprint density at radius 3 is 2.67 bits per heavy atom. The summed E-state index contributed by atoms with van der Waals surface area (Å²) in [6.07, 6.45) is 0.816. The zero-order chi connectivity index (χ0) is 24.0. The molecule has 1 aliphatic heterocycles. The third-order valence-electron chi connectivity index (χ3n) is 5.48. The fraction of sp³-hybridized carbons (Fsp3) is 0.520. The number of amides is 3. The largest absolute Gasteiger partial charge is 0.497 e. The summed E-state index contributed by atoms with van der Waals surface area (Å²) in [5.41, 5.74) is 1.13. The molecule has 0 unspecified atom stereocenters. The predicted molar refractivity (Wildman–Crippen MR) is 131 cm³/mol. The number of methoxy groups -OCH3 is 1. The normalized spacial score (nSPS) is 15.4. The standard InChI is InChI=1S/C25H35N3O4S/c1-17(2)14-27(25(30)26-18(3)4)15-24(29)28-11-9-23-21(10-12-33-23)22(28)16-32-20-8-6-7-19(13-20)31-5/h6-8,10,12-13,17-18,22H,9,11,14-16H2,1-5H3,(H,26,30)/t22-/m1/s1. The van der Waals surface area contributed by atoms with Crippen molar-refractivity contribution in [1.29, 1.82) is 0 Å². The zero-order valence-electron chi connectivity index (χ0n) is 20.2. The first-order chi connectivity index (χ1) is 15.8. The molecule has 1 N–H and O–H groups in total. The van der Waals surface area contributed by atoms with Crippen molar-refractivity contribution in [3.05, 3.63) is 46.2 Å². The van der Waals surface area contributed by atoms with E-state index in [9.17, 15) is 9.59 Å². The highest BCUT2D eigenvalue weighted by atomic mass is 32.1. The molecule has 2 heterocycles. The molecule has 0 radical (unpaired) electrons. The van der Waals surface area contributed by atoms with Gasteiger partial charge >= 0.3 is 6.03 Å². The molecule has 3 rings (SSSR count). The second-order valence-electron chi connectivity index (χ2n) is 9.02. The van der Waals surface area contributed by atoms with Crippen molar-refractivity contribution < 1.29 is 19.1 Å². The smallest absolute Gasteiger partial charge is 0.318 e. The van der Waals surface area contributed by atoms with Gasteiger partial charge in [0, 0.05) is 30.1 Å². The molecule has 0 saturated heterocycles. The quantitative estimate of drug-likeness (QED) is 0.588. The minimum atomic E-state index is -0.204. The maximum absolute atomic E-state index is 13.5. The second-order valence-corrected chi connectivity index (χ2v) is 10.0. The van der Waals surface area contributed by atoms with Crippen molar-refractivity contribution in [1.82, 2.24) is 15.1 Å². The van der Waals surface area contributed by atoms with Crippen molar-refractivity contribution in [2.45, 2.75) is 46.2 Å². The van der Waals surface area contributed by atoms with Gasteiger partial charge in [-0.05, 0) is 55.3 Å². The van der Waals surface area contributed by atoms with E-state index in [1.807, 2.05) is 56.9 Å². The van der Waals surface area contributed by atoms with Crippen molar-refractivity contribution in [2.75, 3.05) is 33.4 Å². The van der Waals surface area contributed by atoms with Crippen LogP contribution in [0.15, 0.2) is 35.7 Å². The van der Waals surface area contributed by atoms with Crippen LogP contribution >= 0.6 is 11.3 Å². The highest BCUT2D eigenvalue weighted by Crippen LogP contribution is 2.34. The van der Waals surface area contributed by atoms with E-state index in [4.69, 9.17) is 9.47 Å². The van der Waals surface area contributed by atoms with Crippen LogP contribution in [-0.2, 0) is 11.2 Å². The topological polar surface area (TPSA) is 71.1 Å². The molecule has 2 aromatic rings. The Morgan fingerprint density at radius 1 is 1.21 bits per heavy atom. The zero-order valence-corrected chi connectivity index (χ0v) is 21.0. The molecule has 1 aliphatic rings. The summed E-state index contributed by atoms with van der Waals surface area (Å²) in [6, 6.07) is 9.15. The number of rotatable bonds is 9. The lowest BCUT2D eigenvalue weighted by molar-refractivity contribution is -0.135. The minimum Gasteiger partial charge on any atom is -0.497 e. The molecule has 0 fully saturated rings. The Kier molecular flexibility index (Phi) is 8.61. The minimum absolute atomic E-state index is 0.00891. The highest BCUT2D eigenvalue weighted by molar-refractivity contribution is 7.10. The molecule has 0 aliphatic carbocycles. The van der Waals surface area contributed by atoms with E-state index in [0.29, 0.717) is 25.4 Å². The van der Waals surface area contributed by atoms with Gasteiger partial charge < -0.3 is 24.6 Å². The molecule has 8 heteroatoms. The molecule has 33 heavy (non-hydrogen) atoms. The van der Waals surface area contributed by atoms with Crippen LogP contribution in [-0.4, -0.2) is 61.1 Å². The summed E-state index contributed by atoms with van der Waals surface area (Å²) in [5, 5.41) is 4.99. The van der Waals surface area contributed by atoms with Crippen LogP contribution in [0.2, 0.25) is 0 Å². The molecule has 7 nitrogen and oxygen atoms in total. The molecular formula is C25H35N3O4S. The Hall–Kier alpha value is -2.74. The summed E-state index contributed by atoms with van der Waals surface area (Å²) in [7, 11) is 1.62. The average Bonchev–Trinajstić information content (AvgIpc) is 3.25. The van der Waals surface area contributed by atoms with Crippen LogP contribution in [0.1, 0.15) is 44.2 Å². The van der Waals surface area contributed by atoms with Gasteiger partial charge in [0.05, 0.1) is 13.2 Å². The van der Waals surface area contributed by atoms with Crippen LogP contribution in [0.4, 0.5) is 4.79 Å². The molecule has 1 aromatic carbocycles. The first-order valence-electron chi connectivity index (χ1n) is 11.5. The van der Waals surface area contributed by atoms with Gasteiger partial charge in [-0.3, -0.25) is 4.79 Å². The molecule has 1 aromatic heterocycles. The number of hydrogen-bond donors (Lipinski definition) is 1. The summed E-state index contributed by atoms with van der Waals surface area (Å²) < 4.78 is 11.4. The van der Waals surface area contributed by atoms with Crippen molar-refractivity contribution in [2.24, 2.45) is 5.92 Å². The molecular weight excluding hydrogens is 438 g/mol. The number of urea groups is 1. The number of carbonyl (C=O) groups excluding carboxylic acids is 2. The highest BCUT2D eigenvalue weighted by Gasteiger charge is 2.33. The number of nitrogens with one attached hydrogen (secondary N) is 1. The third kappa shape index (κ3) is 6.63. The number of hydrogen-bond acceptors (Lipinski definition) is 5. The summed E-state index contributed by atoms with van der Waals surface area (Å²) in [6.45, 7) is 9.44. The van der Waals surface area contributed by atoms with Gasteiger partial charge in [-0.1, -0.05) is 19.9 Å². The van der Waals surface area contributed by atoms with E-state index >= 15 is 0 Å². The van der Waals surface area contributed by atoms with E-state index in [-0.39, 0.29) is 36.5 Å². The van der Waals surface area contributed by atoms with E-state index in [0.717, 1.165) is 17.7 Å². The van der Waals surface area contributed by atoms with Crippen LogP contribution < -0.4 is 14.8 Å². The fourth-order valence-electron chi connectivity index (χ4n) is 3.99. The number of nitrogens with zero attached hydrogens (tertiary/aromatic N) is 2. The fourth-order valence-corrected chi connectivity index (χ4v) is 4.92. The number of thiophene rings is 1. The van der Waals surface area contributed by atoms with Crippen LogP contribution in [0.25, 0.3) is 0 Å². The maximum atomic E-state index is 13.5. The number of fused-ring (bicyclic) bond motifs is 1. The van der Waals surface area contributed by atoms with Gasteiger partial charge in [-0.15, -0.1) is 11.3 Å². The molecule has 0 saturated carbocycles. The monoisotopic (exact) mass is 473 g/mol. The van der Waals surface area contributed by atoms with E-state index in [1.165, 1.54) is 4.88 Å². The average molecular weight is 474 g/mol. The van der Waals surface area contributed by atoms with Crippen LogP contribution in [0.5, 0.6) is 11.5 Å². The summed E-state index contributed by atoms with van der Waals surface area (Å²) >= 11 is 1.72. The van der Waals surface area contributed by atoms with E-state index < -0.39 is 0 Å². The number of carbonyl (C=O) groups is 2. The van der Waals surface area contributed by atoms with E-state index in [1.54, 1.807) is 23.3 Å². The van der Waals surface area contributed by atoms with Gasteiger partial charge in [0.15, 0.2) is 0 Å². The Labute approximate surface area is 200 Å².